The zero-order chi connectivity index (χ0) is 13.9. The first-order valence-corrected chi connectivity index (χ1v) is 8.51. The molecule has 0 aliphatic carbocycles. The summed E-state index contributed by atoms with van der Waals surface area (Å²) in [4.78, 5) is 0. The molecule has 3 heteroatoms. The Hall–Kier alpha value is -0.320. The molecule has 0 bridgehead atoms. The number of hydrogen-bond acceptors (Lipinski definition) is 1. The van der Waals surface area contributed by atoms with Crippen molar-refractivity contribution in [3.8, 4) is 0 Å². The highest BCUT2D eigenvalue weighted by Crippen LogP contribution is 2.17. The molecule has 1 aromatic carbocycles. The van der Waals surface area contributed by atoms with Gasteiger partial charge in [-0.05, 0) is 47.2 Å². The van der Waals surface area contributed by atoms with E-state index in [4.69, 9.17) is 0 Å². The quantitative estimate of drug-likeness (QED) is 0.391. The molecule has 0 amide bonds. The van der Waals surface area contributed by atoms with E-state index >= 15 is 0 Å². The zero-order valence-electron chi connectivity index (χ0n) is 11.9. The molecular weight excluding hydrogens is 352 g/mol. The Morgan fingerprint density at radius 3 is 2.26 bits per heavy atom. The van der Waals surface area contributed by atoms with E-state index < -0.39 is 0 Å². The highest BCUT2D eigenvalue weighted by atomic mass is 127. The van der Waals surface area contributed by atoms with Gasteiger partial charge in [-0.1, -0.05) is 51.9 Å². The van der Waals surface area contributed by atoms with Crippen molar-refractivity contribution in [2.75, 3.05) is 11.9 Å². The van der Waals surface area contributed by atoms with Crippen LogP contribution >= 0.6 is 22.6 Å². The minimum absolute atomic E-state index is 0.147. The summed E-state index contributed by atoms with van der Waals surface area (Å²) < 4.78 is 14.5. The van der Waals surface area contributed by atoms with Crippen LogP contribution < -0.4 is 5.32 Å². The molecule has 1 aromatic rings. The Morgan fingerprint density at radius 1 is 1.00 bits per heavy atom. The first-order chi connectivity index (χ1) is 9.24. The van der Waals surface area contributed by atoms with E-state index in [1.807, 2.05) is 12.1 Å². The van der Waals surface area contributed by atoms with Crippen molar-refractivity contribution in [2.24, 2.45) is 0 Å². The second-order valence-corrected chi connectivity index (χ2v) is 6.27. The van der Waals surface area contributed by atoms with Crippen molar-refractivity contribution >= 4 is 28.3 Å². The summed E-state index contributed by atoms with van der Waals surface area (Å²) >= 11 is 2.12. The number of benzene rings is 1. The van der Waals surface area contributed by atoms with Gasteiger partial charge in [0, 0.05) is 10.1 Å². The lowest BCUT2D eigenvalue weighted by Crippen LogP contribution is -2.03. The standard InChI is InChI=1S/C16H25FIN/c1-2-3-4-5-6-7-8-9-12-19-16-11-10-14(18)13-15(16)17/h10-11,13,19H,2-9,12H2,1H3. The average Bonchev–Trinajstić information content (AvgIpc) is 2.39. The minimum atomic E-state index is -0.147. The third-order valence-electron chi connectivity index (χ3n) is 3.28. The average molecular weight is 377 g/mol. The summed E-state index contributed by atoms with van der Waals surface area (Å²) in [5.41, 5.74) is 0.628. The van der Waals surface area contributed by atoms with Crippen molar-refractivity contribution < 1.29 is 4.39 Å². The Bertz CT molecular complexity index is 355. The molecule has 0 heterocycles. The van der Waals surface area contributed by atoms with E-state index in [0.717, 1.165) is 16.5 Å². The molecule has 0 aliphatic rings. The van der Waals surface area contributed by atoms with E-state index in [-0.39, 0.29) is 5.82 Å². The molecule has 0 atom stereocenters. The van der Waals surface area contributed by atoms with Gasteiger partial charge >= 0.3 is 0 Å². The van der Waals surface area contributed by atoms with Crippen LogP contribution in [-0.4, -0.2) is 6.54 Å². The molecule has 0 aliphatic heterocycles. The topological polar surface area (TPSA) is 12.0 Å². The summed E-state index contributed by atoms with van der Waals surface area (Å²) in [6, 6.07) is 5.32. The molecule has 0 unspecified atom stereocenters. The third-order valence-corrected chi connectivity index (χ3v) is 3.95. The predicted molar refractivity (Wildman–Crippen MR) is 90.2 cm³/mol. The Balaban J connectivity index is 2.01. The van der Waals surface area contributed by atoms with Gasteiger partial charge in [0.15, 0.2) is 0 Å². The van der Waals surface area contributed by atoms with Gasteiger partial charge in [0.1, 0.15) is 5.82 Å². The van der Waals surface area contributed by atoms with Crippen LogP contribution in [0, 0.1) is 9.39 Å². The monoisotopic (exact) mass is 377 g/mol. The second-order valence-electron chi connectivity index (χ2n) is 5.03. The fourth-order valence-electron chi connectivity index (χ4n) is 2.11. The summed E-state index contributed by atoms with van der Waals surface area (Å²) in [6.45, 7) is 3.11. The minimum Gasteiger partial charge on any atom is -0.383 e. The zero-order valence-corrected chi connectivity index (χ0v) is 14.0. The van der Waals surface area contributed by atoms with Crippen molar-refractivity contribution in [3.05, 3.63) is 27.6 Å². The highest BCUT2D eigenvalue weighted by molar-refractivity contribution is 14.1. The smallest absolute Gasteiger partial charge is 0.147 e. The molecule has 0 saturated carbocycles. The Labute approximate surface area is 130 Å². The van der Waals surface area contributed by atoms with Crippen molar-refractivity contribution in [3.63, 3.8) is 0 Å². The van der Waals surface area contributed by atoms with Crippen LogP contribution in [0.3, 0.4) is 0 Å². The lowest BCUT2D eigenvalue weighted by molar-refractivity contribution is 0.580. The molecule has 1 N–H and O–H groups in total. The Kier molecular flexibility index (Phi) is 9.22. The third kappa shape index (κ3) is 7.75. The van der Waals surface area contributed by atoms with Crippen LogP contribution in [0.5, 0.6) is 0 Å². The van der Waals surface area contributed by atoms with Gasteiger partial charge in [-0.2, -0.15) is 0 Å². The van der Waals surface area contributed by atoms with E-state index in [2.05, 4.69) is 34.8 Å². The number of unbranched alkanes of at least 4 members (excludes halogenated alkanes) is 7. The normalized spacial score (nSPS) is 10.7. The maximum atomic E-state index is 13.5. The fraction of sp³-hybridized carbons (Fsp3) is 0.625. The van der Waals surface area contributed by atoms with Crippen molar-refractivity contribution in [1.29, 1.82) is 0 Å². The highest BCUT2D eigenvalue weighted by Gasteiger charge is 2.01. The summed E-state index contributed by atoms with van der Waals surface area (Å²) in [6.07, 6.45) is 10.4. The van der Waals surface area contributed by atoms with Crippen LogP contribution in [0.15, 0.2) is 18.2 Å². The molecule has 0 radical (unpaired) electrons. The largest absolute Gasteiger partial charge is 0.383 e. The molecule has 0 aromatic heterocycles. The lowest BCUT2D eigenvalue weighted by Gasteiger charge is -2.07. The van der Waals surface area contributed by atoms with Gasteiger partial charge in [-0.15, -0.1) is 0 Å². The summed E-state index contributed by atoms with van der Waals surface area (Å²) in [7, 11) is 0. The summed E-state index contributed by atoms with van der Waals surface area (Å²) in [5, 5.41) is 3.17. The lowest BCUT2D eigenvalue weighted by atomic mass is 10.1. The molecule has 0 fully saturated rings. The van der Waals surface area contributed by atoms with Gasteiger partial charge in [0.25, 0.3) is 0 Å². The van der Waals surface area contributed by atoms with E-state index in [9.17, 15) is 4.39 Å². The molecule has 0 spiro atoms. The van der Waals surface area contributed by atoms with Crippen LogP contribution in [0.4, 0.5) is 10.1 Å². The van der Waals surface area contributed by atoms with Gasteiger partial charge < -0.3 is 5.32 Å². The van der Waals surface area contributed by atoms with Crippen LogP contribution in [0.2, 0.25) is 0 Å². The van der Waals surface area contributed by atoms with Gasteiger partial charge in [0.2, 0.25) is 0 Å². The first-order valence-electron chi connectivity index (χ1n) is 7.43. The van der Waals surface area contributed by atoms with Crippen LogP contribution in [0.25, 0.3) is 0 Å². The number of anilines is 1. The number of nitrogens with one attached hydrogen (secondary N) is 1. The maximum Gasteiger partial charge on any atom is 0.147 e. The Morgan fingerprint density at radius 2 is 1.63 bits per heavy atom. The molecule has 1 nitrogen and oxygen atoms in total. The van der Waals surface area contributed by atoms with Gasteiger partial charge in [0.05, 0.1) is 5.69 Å². The van der Waals surface area contributed by atoms with Crippen LogP contribution in [-0.2, 0) is 0 Å². The number of halogens is 2. The van der Waals surface area contributed by atoms with Crippen LogP contribution in [0.1, 0.15) is 58.3 Å². The van der Waals surface area contributed by atoms with Gasteiger partial charge in [-0.25, -0.2) is 4.39 Å². The van der Waals surface area contributed by atoms with E-state index in [0.29, 0.717) is 5.69 Å². The SMILES string of the molecule is CCCCCCCCCCNc1ccc(I)cc1F. The second kappa shape index (κ2) is 10.5. The molecular formula is C16H25FIN. The molecule has 19 heavy (non-hydrogen) atoms. The van der Waals surface area contributed by atoms with E-state index in [1.165, 1.54) is 44.9 Å². The number of rotatable bonds is 10. The number of hydrogen-bond donors (Lipinski definition) is 1. The first kappa shape index (κ1) is 16.7. The molecule has 0 saturated heterocycles. The fourth-order valence-corrected chi connectivity index (χ4v) is 2.57. The van der Waals surface area contributed by atoms with E-state index in [1.54, 1.807) is 6.07 Å². The molecule has 1 rings (SSSR count). The predicted octanol–water partition coefficient (Wildman–Crippen LogP) is 5.98. The van der Waals surface area contributed by atoms with Gasteiger partial charge in [-0.3, -0.25) is 0 Å². The van der Waals surface area contributed by atoms with Crippen molar-refractivity contribution in [1.82, 2.24) is 0 Å². The summed E-state index contributed by atoms with van der Waals surface area (Å²) in [5.74, 6) is -0.147. The maximum absolute atomic E-state index is 13.5. The van der Waals surface area contributed by atoms with Crippen molar-refractivity contribution in [2.45, 2.75) is 58.3 Å². The molecule has 108 valence electrons.